The average Bonchev–Trinajstić information content (AvgIpc) is 2.42. The van der Waals surface area contributed by atoms with Crippen LogP contribution in [0.15, 0.2) is 49.6 Å². The average molecular weight is 262 g/mol. The Hall–Kier alpha value is -2.36. The maximum absolute atomic E-state index is 10.8. The summed E-state index contributed by atoms with van der Waals surface area (Å²) in [4.78, 5) is 20.9. The molecule has 0 fully saturated rings. The molecule has 0 bridgehead atoms. The molecular formula is C15H18O4. The molecule has 1 rings (SSSR count). The van der Waals surface area contributed by atoms with E-state index in [1.807, 2.05) is 25.1 Å². The largest absolute Gasteiger partial charge is 0.463 e. The summed E-state index contributed by atoms with van der Waals surface area (Å²) in [5.74, 6) is -0.200. The molecular weight excluding hydrogens is 244 g/mol. The van der Waals surface area contributed by atoms with E-state index < -0.39 is 5.97 Å². The molecule has 0 saturated carbocycles. The lowest BCUT2D eigenvalue weighted by molar-refractivity contribution is -0.137. The molecule has 4 heteroatoms. The van der Waals surface area contributed by atoms with Crippen molar-refractivity contribution in [3.05, 3.63) is 55.1 Å². The Morgan fingerprint density at radius 3 is 2.16 bits per heavy atom. The van der Waals surface area contributed by atoms with Crippen molar-refractivity contribution in [1.29, 1.82) is 0 Å². The van der Waals surface area contributed by atoms with Crippen LogP contribution in [0.1, 0.15) is 12.5 Å². The molecule has 0 aliphatic heterocycles. The molecule has 1 aromatic rings. The second kappa shape index (κ2) is 9.65. The molecule has 102 valence electrons. The van der Waals surface area contributed by atoms with E-state index in [2.05, 4.69) is 17.9 Å². The van der Waals surface area contributed by atoms with Crippen molar-refractivity contribution in [2.75, 3.05) is 6.61 Å². The standard InChI is InChI=1S/C10H10O2.C5H8O2/c1-3-10(11)12-9-7-5-4-6-8(9)2;1-3-5(6)7-4-2/h3-7H,1H2,2H3;3H,1,4H2,2H3. The smallest absolute Gasteiger partial charge is 0.335 e. The third-order valence-electron chi connectivity index (χ3n) is 1.92. The molecule has 0 aliphatic rings. The van der Waals surface area contributed by atoms with Gasteiger partial charge in [0.1, 0.15) is 5.75 Å². The Bertz CT molecular complexity index is 449. The van der Waals surface area contributed by atoms with Crippen LogP contribution in [-0.2, 0) is 14.3 Å². The number of esters is 2. The number of benzene rings is 1. The van der Waals surface area contributed by atoms with Gasteiger partial charge in [-0.25, -0.2) is 9.59 Å². The van der Waals surface area contributed by atoms with Gasteiger partial charge in [-0.1, -0.05) is 31.4 Å². The summed E-state index contributed by atoms with van der Waals surface area (Å²) < 4.78 is 9.37. The van der Waals surface area contributed by atoms with Crippen LogP contribution in [0.25, 0.3) is 0 Å². The van der Waals surface area contributed by atoms with E-state index >= 15 is 0 Å². The van der Waals surface area contributed by atoms with Gasteiger partial charge in [-0.05, 0) is 25.5 Å². The first-order valence-electron chi connectivity index (χ1n) is 5.74. The number of carbonyl (C=O) groups excluding carboxylic acids is 2. The highest BCUT2D eigenvalue weighted by Crippen LogP contribution is 2.15. The topological polar surface area (TPSA) is 52.6 Å². The van der Waals surface area contributed by atoms with Crippen LogP contribution in [0.4, 0.5) is 0 Å². The van der Waals surface area contributed by atoms with E-state index in [1.54, 1.807) is 13.0 Å². The van der Waals surface area contributed by atoms with E-state index in [1.165, 1.54) is 0 Å². The van der Waals surface area contributed by atoms with Crippen molar-refractivity contribution in [2.45, 2.75) is 13.8 Å². The van der Waals surface area contributed by atoms with Gasteiger partial charge in [-0.2, -0.15) is 0 Å². The van der Waals surface area contributed by atoms with Gasteiger partial charge >= 0.3 is 11.9 Å². The molecule has 1 aromatic carbocycles. The molecule has 0 saturated heterocycles. The van der Waals surface area contributed by atoms with Gasteiger partial charge in [0.2, 0.25) is 0 Å². The van der Waals surface area contributed by atoms with Gasteiger partial charge in [-0.3, -0.25) is 0 Å². The van der Waals surface area contributed by atoms with Crippen LogP contribution < -0.4 is 4.74 Å². The molecule has 0 aliphatic carbocycles. The number of carbonyl (C=O) groups is 2. The monoisotopic (exact) mass is 262 g/mol. The lowest BCUT2D eigenvalue weighted by Crippen LogP contribution is -2.03. The van der Waals surface area contributed by atoms with Crippen molar-refractivity contribution >= 4 is 11.9 Å². The predicted octanol–water partition coefficient (Wildman–Crippen LogP) is 2.82. The Morgan fingerprint density at radius 2 is 1.74 bits per heavy atom. The summed E-state index contributed by atoms with van der Waals surface area (Å²) in [5, 5.41) is 0. The fraction of sp³-hybridized carbons (Fsp3) is 0.200. The molecule has 0 atom stereocenters. The van der Waals surface area contributed by atoms with E-state index in [0.717, 1.165) is 17.7 Å². The van der Waals surface area contributed by atoms with Crippen molar-refractivity contribution < 1.29 is 19.1 Å². The Labute approximate surface area is 113 Å². The summed E-state index contributed by atoms with van der Waals surface area (Å²) in [6, 6.07) is 7.34. The quantitative estimate of drug-likeness (QED) is 0.475. The van der Waals surface area contributed by atoms with Crippen molar-refractivity contribution in [3.63, 3.8) is 0 Å². The van der Waals surface area contributed by atoms with Crippen LogP contribution in [0.5, 0.6) is 5.75 Å². The minimum absolute atomic E-state index is 0.359. The van der Waals surface area contributed by atoms with Gasteiger partial charge in [0.05, 0.1) is 6.61 Å². The number of hydrogen-bond donors (Lipinski definition) is 0. The van der Waals surface area contributed by atoms with E-state index in [4.69, 9.17) is 4.74 Å². The van der Waals surface area contributed by atoms with Crippen LogP contribution in [0.2, 0.25) is 0 Å². The normalized spacial score (nSPS) is 8.53. The summed E-state index contributed by atoms with van der Waals surface area (Å²) in [5.41, 5.74) is 0.938. The second-order valence-corrected chi connectivity index (χ2v) is 3.35. The van der Waals surface area contributed by atoms with Crippen LogP contribution >= 0.6 is 0 Å². The minimum Gasteiger partial charge on any atom is -0.463 e. The highest BCUT2D eigenvalue weighted by molar-refractivity contribution is 5.83. The summed E-state index contributed by atoms with van der Waals surface area (Å²) in [7, 11) is 0. The first-order chi connectivity index (χ1) is 9.04. The maximum Gasteiger partial charge on any atom is 0.335 e. The van der Waals surface area contributed by atoms with Gasteiger partial charge in [0.25, 0.3) is 0 Å². The van der Waals surface area contributed by atoms with Gasteiger partial charge in [-0.15, -0.1) is 0 Å². The van der Waals surface area contributed by atoms with Crippen molar-refractivity contribution in [2.24, 2.45) is 0 Å². The van der Waals surface area contributed by atoms with Gasteiger partial charge in [0.15, 0.2) is 0 Å². The zero-order valence-electron chi connectivity index (χ0n) is 11.2. The SMILES string of the molecule is C=CC(=O)OCC.C=CC(=O)Oc1ccccc1C. The fourth-order valence-corrected chi connectivity index (χ4v) is 1.02. The molecule has 4 nitrogen and oxygen atoms in total. The van der Waals surface area contributed by atoms with E-state index in [9.17, 15) is 9.59 Å². The summed E-state index contributed by atoms with van der Waals surface area (Å²) in [6.07, 6.45) is 2.29. The van der Waals surface area contributed by atoms with Gasteiger partial charge < -0.3 is 9.47 Å². The lowest BCUT2D eigenvalue weighted by Gasteiger charge is -2.03. The lowest BCUT2D eigenvalue weighted by atomic mass is 10.2. The van der Waals surface area contributed by atoms with Gasteiger partial charge in [0, 0.05) is 12.2 Å². The van der Waals surface area contributed by atoms with Crippen LogP contribution in [0, 0.1) is 6.92 Å². The second-order valence-electron chi connectivity index (χ2n) is 3.35. The molecule has 19 heavy (non-hydrogen) atoms. The number of hydrogen-bond acceptors (Lipinski definition) is 4. The molecule has 0 spiro atoms. The number of para-hydroxylation sites is 1. The summed E-state index contributed by atoms with van der Waals surface area (Å²) in [6.45, 7) is 10.6. The molecule has 0 heterocycles. The minimum atomic E-state index is -0.427. The highest BCUT2D eigenvalue weighted by Gasteiger charge is 2.00. The third-order valence-corrected chi connectivity index (χ3v) is 1.92. The zero-order chi connectivity index (χ0) is 14.7. The first-order valence-corrected chi connectivity index (χ1v) is 5.74. The van der Waals surface area contributed by atoms with Crippen molar-refractivity contribution in [1.82, 2.24) is 0 Å². The first kappa shape index (κ1) is 16.6. The Kier molecular flexibility index (Phi) is 8.45. The Morgan fingerprint density at radius 1 is 1.16 bits per heavy atom. The fourth-order valence-electron chi connectivity index (χ4n) is 1.02. The zero-order valence-corrected chi connectivity index (χ0v) is 11.2. The number of ether oxygens (including phenoxy) is 2. The van der Waals surface area contributed by atoms with Crippen LogP contribution in [0.3, 0.4) is 0 Å². The van der Waals surface area contributed by atoms with E-state index in [-0.39, 0.29) is 5.97 Å². The van der Waals surface area contributed by atoms with E-state index in [0.29, 0.717) is 12.4 Å². The predicted molar refractivity (Wildman–Crippen MR) is 73.8 cm³/mol. The number of rotatable bonds is 4. The maximum atomic E-state index is 10.8. The highest BCUT2D eigenvalue weighted by atomic mass is 16.5. The van der Waals surface area contributed by atoms with Crippen LogP contribution in [-0.4, -0.2) is 18.5 Å². The van der Waals surface area contributed by atoms with Crippen molar-refractivity contribution in [3.8, 4) is 5.75 Å². The third kappa shape index (κ3) is 7.54. The molecule has 0 radical (unpaired) electrons. The molecule has 0 N–H and O–H groups in total. The molecule has 0 amide bonds. The molecule has 0 aromatic heterocycles. The number of aryl methyl sites for hydroxylation is 1. The summed E-state index contributed by atoms with van der Waals surface area (Å²) >= 11 is 0. The Balaban J connectivity index is 0.000000399. The molecule has 0 unspecified atom stereocenters.